The molecule has 1 aromatic heterocycles. The number of aromatic amines is 1. The number of hydrogen-bond donors (Lipinski definition) is 3. The molecule has 2 amide bonds. The zero-order chi connectivity index (χ0) is 15.4. The first-order chi connectivity index (χ1) is 9.99. The van der Waals surface area contributed by atoms with E-state index in [9.17, 15) is 9.59 Å². The summed E-state index contributed by atoms with van der Waals surface area (Å²) in [6, 6.07) is 4.77. The third-order valence-corrected chi connectivity index (χ3v) is 3.25. The molecule has 2 aromatic rings. The zero-order valence-corrected chi connectivity index (χ0v) is 12.6. The number of rotatable bonds is 5. The molecule has 0 spiro atoms. The Hall–Kier alpha value is -2.08. The minimum Gasteiger partial charge on any atom is -0.347 e. The van der Waals surface area contributed by atoms with Crippen molar-refractivity contribution in [3.05, 3.63) is 29.0 Å². The molecular formula is C14H17ClN4O2. The number of amides is 2. The molecule has 2 rings (SSSR count). The molecule has 1 aromatic carbocycles. The number of carbonyl (C=O) groups is 2. The summed E-state index contributed by atoms with van der Waals surface area (Å²) in [6.07, 6.45) is 0.349. The lowest BCUT2D eigenvalue weighted by atomic mass is 10.3. The molecule has 0 aliphatic carbocycles. The highest BCUT2D eigenvalue weighted by Gasteiger charge is 2.14. The number of nitrogens with one attached hydrogen (secondary N) is 3. The minimum absolute atomic E-state index is 0.156. The summed E-state index contributed by atoms with van der Waals surface area (Å²) in [4.78, 5) is 30.5. The van der Waals surface area contributed by atoms with Crippen LogP contribution in [-0.2, 0) is 16.1 Å². The molecule has 21 heavy (non-hydrogen) atoms. The summed E-state index contributed by atoms with van der Waals surface area (Å²) < 4.78 is 0. The van der Waals surface area contributed by atoms with Crippen LogP contribution in [-0.4, -0.2) is 27.8 Å². The van der Waals surface area contributed by atoms with Gasteiger partial charge in [0, 0.05) is 11.4 Å². The van der Waals surface area contributed by atoms with Crippen molar-refractivity contribution < 1.29 is 9.59 Å². The monoisotopic (exact) mass is 308 g/mol. The third kappa shape index (κ3) is 3.95. The lowest BCUT2D eigenvalue weighted by molar-refractivity contribution is -0.128. The van der Waals surface area contributed by atoms with E-state index in [0.717, 1.165) is 11.0 Å². The van der Waals surface area contributed by atoms with Gasteiger partial charge in [-0.2, -0.15) is 0 Å². The summed E-state index contributed by atoms with van der Waals surface area (Å²) in [6.45, 7) is 3.64. The van der Waals surface area contributed by atoms with Gasteiger partial charge in [0.2, 0.25) is 11.8 Å². The lowest BCUT2D eigenvalue weighted by Crippen LogP contribution is -2.44. The van der Waals surface area contributed by atoms with Gasteiger partial charge >= 0.3 is 0 Å². The molecule has 6 nitrogen and oxygen atoms in total. The number of halogens is 1. The highest BCUT2D eigenvalue weighted by molar-refractivity contribution is 6.31. The molecule has 0 fully saturated rings. The number of carbonyl (C=O) groups excluding carboxylic acids is 2. The molecule has 0 saturated carbocycles. The molecule has 1 atom stereocenters. The number of nitrogens with zero attached hydrogens (tertiary/aromatic N) is 1. The van der Waals surface area contributed by atoms with E-state index >= 15 is 0 Å². The molecule has 1 heterocycles. The predicted molar refractivity (Wildman–Crippen MR) is 80.8 cm³/mol. The molecule has 7 heteroatoms. The summed E-state index contributed by atoms with van der Waals surface area (Å²) in [7, 11) is 0. The van der Waals surface area contributed by atoms with E-state index in [0.29, 0.717) is 17.3 Å². The Balaban J connectivity index is 1.94. The van der Waals surface area contributed by atoms with Crippen LogP contribution in [0.5, 0.6) is 0 Å². The van der Waals surface area contributed by atoms with Gasteiger partial charge in [-0.05, 0) is 25.1 Å². The van der Waals surface area contributed by atoms with Gasteiger partial charge < -0.3 is 15.6 Å². The van der Waals surface area contributed by atoms with Crippen LogP contribution in [0.1, 0.15) is 26.1 Å². The Morgan fingerprint density at radius 3 is 2.90 bits per heavy atom. The summed E-state index contributed by atoms with van der Waals surface area (Å²) in [5.41, 5.74) is 1.61. The largest absolute Gasteiger partial charge is 0.347 e. The normalized spacial score (nSPS) is 12.1. The van der Waals surface area contributed by atoms with E-state index in [1.807, 2.05) is 6.07 Å². The second-order valence-corrected chi connectivity index (χ2v) is 5.14. The van der Waals surface area contributed by atoms with Crippen molar-refractivity contribution in [3.63, 3.8) is 0 Å². The van der Waals surface area contributed by atoms with Crippen LogP contribution in [0.15, 0.2) is 18.2 Å². The first kappa shape index (κ1) is 15.3. The molecule has 0 aliphatic rings. The van der Waals surface area contributed by atoms with E-state index in [1.165, 1.54) is 0 Å². The van der Waals surface area contributed by atoms with E-state index in [-0.39, 0.29) is 18.4 Å². The van der Waals surface area contributed by atoms with Gasteiger partial charge in [0.1, 0.15) is 11.9 Å². The third-order valence-electron chi connectivity index (χ3n) is 3.01. The second-order valence-electron chi connectivity index (χ2n) is 4.71. The maximum Gasteiger partial charge on any atom is 0.242 e. The topological polar surface area (TPSA) is 86.9 Å². The smallest absolute Gasteiger partial charge is 0.242 e. The van der Waals surface area contributed by atoms with Gasteiger partial charge in [-0.1, -0.05) is 18.5 Å². The molecule has 0 saturated heterocycles. The van der Waals surface area contributed by atoms with Gasteiger partial charge in [0.15, 0.2) is 0 Å². The van der Waals surface area contributed by atoms with Crippen LogP contribution in [0.3, 0.4) is 0 Å². The lowest BCUT2D eigenvalue weighted by Gasteiger charge is -2.12. The average molecular weight is 309 g/mol. The second kappa shape index (κ2) is 6.58. The standard InChI is InChI=1S/C14H17ClN4O2/c1-3-13(20)17-8(2)14(21)16-7-12-18-10-5-4-9(15)6-11(10)19-12/h4-6,8H,3,7H2,1-2H3,(H,16,21)(H,17,20)(H,18,19). The SMILES string of the molecule is CCC(=O)NC(C)C(=O)NCc1nc2ccc(Cl)cc2[nH]1. The Morgan fingerprint density at radius 2 is 2.19 bits per heavy atom. The van der Waals surface area contributed by atoms with Gasteiger partial charge in [-0.3, -0.25) is 9.59 Å². The number of hydrogen-bond acceptors (Lipinski definition) is 3. The highest BCUT2D eigenvalue weighted by Crippen LogP contribution is 2.16. The number of benzene rings is 1. The maximum atomic E-state index is 11.8. The summed E-state index contributed by atoms with van der Waals surface area (Å²) in [5, 5.41) is 5.95. The summed E-state index contributed by atoms with van der Waals surface area (Å²) in [5.74, 6) is 0.223. The fourth-order valence-electron chi connectivity index (χ4n) is 1.85. The predicted octanol–water partition coefficient (Wildman–Crippen LogP) is 1.75. The van der Waals surface area contributed by atoms with E-state index in [1.54, 1.807) is 26.0 Å². The first-order valence-corrected chi connectivity index (χ1v) is 7.08. The van der Waals surface area contributed by atoms with Gasteiger partial charge in [0.25, 0.3) is 0 Å². The molecule has 112 valence electrons. The Kier molecular flexibility index (Phi) is 4.80. The maximum absolute atomic E-state index is 11.8. The number of fused-ring (bicyclic) bond motifs is 1. The molecule has 3 N–H and O–H groups in total. The molecular weight excluding hydrogens is 292 g/mol. The van der Waals surface area contributed by atoms with Crippen molar-refractivity contribution in [1.29, 1.82) is 0 Å². The highest BCUT2D eigenvalue weighted by atomic mass is 35.5. The fraction of sp³-hybridized carbons (Fsp3) is 0.357. The Labute approximate surface area is 127 Å². The Bertz CT molecular complexity index is 668. The number of H-pyrrole nitrogens is 1. The van der Waals surface area contributed by atoms with Crippen molar-refractivity contribution in [1.82, 2.24) is 20.6 Å². The average Bonchev–Trinajstić information content (AvgIpc) is 2.86. The minimum atomic E-state index is -0.573. The van der Waals surface area contributed by atoms with E-state index in [2.05, 4.69) is 20.6 Å². The van der Waals surface area contributed by atoms with Crippen LogP contribution in [0.25, 0.3) is 11.0 Å². The van der Waals surface area contributed by atoms with Crippen LogP contribution in [0, 0.1) is 0 Å². The summed E-state index contributed by atoms with van der Waals surface area (Å²) >= 11 is 5.90. The van der Waals surface area contributed by atoms with Gasteiger partial charge in [-0.15, -0.1) is 0 Å². The van der Waals surface area contributed by atoms with Crippen LogP contribution < -0.4 is 10.6 Å². The van der Waals surface area contributed by atoms with Crippen LogP contribution in [0.4, 0.5) is 0 Å². The first-order valence-electron chi connectivity index (χ1n) is 6.70. The van der Waals surface area contributed by atoms with Crippen molar-refractivity contribution in [2.24, 2.45) is 0 Å². The number of imidazole rings is 1. The van der Waals surface area contributed by atoms with Crippen molar-refractivity contribution in [2.75, 3.05) is 0 Å². The molecule has 0 aliphatic heterocycles. The van der Waals surface area contributed by atoms with E-state index < -0.39 is 6.04 Å². The van der Waals surface area contributed by atoms with Gasteiger partial charge in [0.05, 0.1) is 17.6 Å². The molecule has 0 radical (unpaired) electrons. The Morgan fingerprint density at radius 1 is 1.43 bits per heavy atom. The van der Waals surface area contributed by atoms with Gasteiger partial charge in [-0.25, -0.2) is 4.98 Å². The number of aromatic nitrogens is 2. The van der Waals surface area contributed by atoms with E-state index in [4.69, 9.17) is 11.6 Å². The molecule has 1 unspecified atom stereocenters. The van der Waals surface area contributed by atoms with Crippen LogP contribution >= 0.6 is 11.6 Å². The van der Waals surface area contributed by atoms with Crippen molar-refractivity contribution in [3.8, 4) is 0 Å². The quantitative estimate of drug-likeness (QED) is 0.786. The van der Waals surface area contributed by atoms with Crippen molar-refractivity contribution >= 4 is 34.4 Å². The van der Waals surface area contributed by atoms with Crippen LogP contribution in [0.2, 0.25) is 5.02 Å². The molecule has 0 bridgehead atoms. The van der Waals surface area contributed by atoms with Crippen molar-refractivity contribution in [2.45, 2.75) is 32.9 Å². The zero-order valence-electron chi connectivity index (χ0n) is 11.9. The fourth-order valence-corrected chi connectivity index (χ4v) is 2.02.